The van der Waals surface area contributed by atoms with Crippen LogP contribution in [0.2, 0.25) is 0 Å². The fourth-order valence-electron chi connectivity index (χ4n) is 2.45. The van der Waals surface area contributed by atoms with Gasteiger partial charge in [0.05, 0.1) is 7.11 Å². The lowest BCUT2D eigenvalue weighted by Crippen LogP contribution is -2.12. The molecule has 0 radical (unpaired) electrons. The van der Waals surface area contributed by atoms with Crippen LogP contribution in [0.1, 0.15) is 17.2 Å². The van der Waals surface area contributed by atoms with Gasteiger partial charge in [-0.3, -0.25) is 0 Å². The average Bonchev–Trinajstić information content (AvgIpc) is 2.93. The average molecular weight is 362 g/mol. The van der Waals surface area contributed by atoms with E-state index in [4.69, 9.17) is 10.5 Å². The lowest BCUT2D eigenvalue weighted by atomic mass is 9.99. The molecule has 21 heavy (non-hydrogen) atoms. The lowest BCUT2D eigenvalue weighted by Gasteiger charge is -2.12. The Kier molecular flexibility index (Phi) is 4.29. The number of ether oxygens (including phenoxy) is 1. The van der Waals surface area contributed by atoms with Crippen molar-refractivity contribution in [1.82, 2.24) is 0 Å². The normalized spacial score (nSPS) is 12.5. The van der Waals surface area contributed by atoms with Gasteiger partial charge in [0.15, 0.2) is 0 Å². The molecule has 0 bridgehead atoms. The standard InChI is InChI=1S/C17H16BrNOS/c1-20-12-7-5-11(6-8-12)9-16(19)14-10-21-17-13(14)3-2-4-15(17)18/h2-8,10,16H,9,19H2,1H3. The van der Waals surface area contributed by atoms with Crippen LogP contribution in [0, 0.1) is 0 Å². The van der Waals surface area contributed by atoms with E-state index in [1.54, 1.807) is 18.4 Å². The minimum atomic E-state index is 0.00134. The molecule has 0 saturated carbocycles. The van der Waals surface area contributed by atoms with Crippen LogP contribution in [0.5, 0.6) is 5.75 Å². The molecule has 2 aromatic carbocycles. The van der Waals surface area contributed by atoms with Crippen molar-refractivity contribution in [2.45, 2.75) is 12.5 Å². The van der Waals surface area contributed by atoms with Gasteiger partial charge in [0.2, 0.25) is 0 Å². The van der Waals surface area contributed by atoms with Crippen LogP contribution in [-0.2, 0) is 6.42 Å². The van der Waals surface area contributed by atoms with Gasteiger partial charge in [-0.2, -0.15) is 0 Å². The first-order valence-corrected chi connectivity index (χ1v) is 8.40. The van der Waals surface area contributed by atoms with Crippen LogP contribution in [-0.4, -0.2) is 7.11 Å². The van der Waals surface area contributed by atoms with Crippen molar-refractivity contribution < 1.29 is 4.74 Å². The minimum Gasteiger partial charge on any atom is -0.497 e. The van der Waals surface area contributed by atoms with Crippen LogP contribution in [0.3, 0.4) is 0 Å². The van der Waals surface area contributed by atoms with Crippen LogP contribution < -0.4 is 10.5 Å². The smallest absolute Gasteiger partial charge is 0.118 e. The van der Waals surface area contributed by atoms with Crippen molar-refractivity contribution in [3.8, 4) is 5.75 Å². The molecule has 3 aromatic rings. The molecule has 2 N–H and O–H groups in total. The lowest BCUT2D eigenvalue weighted by molar-refractivity contribution is 0.414. The van der Waals surface area contributed by atoms with E-state index < -0.39 is 0 Å². The van der Waals surface area contributed by atoms with Crippen LogP contribution >= 0.6 is 27.3 Å². The zero-order valence-electron chi connectivity index (χ0n) is 11.7. The Morgan fingerprint density at radius 3 is 2.67 bits per heavy atom. The van der Waals surface area contributed by atoms with E-state index in [1.807, 2.05) is 12.1 Å². The van der Waals surface area contributed by atoms with Crippen LogP contribution in [0.15, 0.2) is 52.3 Å². The monoisotopic (exact) mass is 361 g/mol. The first kappa shape index (κ1) is 14.6. The number of fused-ring (bicyclic) bond motifs is 1. The summed E-state index contributed by atoms with van der Waals surface area (Å²) in [5.74, 6) is 0.872. The van der Waals surface area contributed by atoms with E-state index in [0.717, 1.165) is 16.6 Å². The minimum absolute atomic E-state index is 0.00134. The van der Waals surface area contributed by atoms with Gasteiger partial charge in [0.25, 0.3) is 0 Å². The van der Waals surface area contributed by atoms with E-state index in [-0.39, 0.29) is 6.04 Å². The predicted octanol–water partition coefficient (Wildman–Crippen LogP) is 4.91. The molecule has 4 heteroatoms. The second-order valence-electron chi connectivity index (χ2n) is 4.97. The maximum atomic E-state index is 6.42. The molecular weight excluding hydrogens is 346 g/mol. The summed E-state index contributed by atoms with van der Waals surface area (Å²) in [6.07, 6.45) is 0.822. The summed E-state index contributed by atoms with van der Waals surface area (Å²) >= 11 is 5.34. The Balaban J connectivity index is 1.86. The quantitative estimate of drug-likeness (QED) is 0.715. The highest BCUT2D eigenvalue weighted by Gasteiger charge is 2.13. The van der Waals surface area contributed by atoms with Gasteiger partial charge in [0, 0.05) is 15.2 Å². The summed E-state index contributed by atoms with van der Waals surface area (Å²) in [5.41, 5.74) is 8.85. The van der Waals surface area contributed by atoms with Gasteiger partial charge in [-0.05, 0) is 62.4 Å². The number of methoxy groups -OCH3 is 1. The van der Waals surface area contributed by atoms with E-state index in [0.29, 0.717) is 0 Å². The number of rotatable bonds is 4. The molecule has 0 fully saturated rings. The molecule has 3 rings (SSSR count). The van der Waals surface area contributed by atoms with Gasteiger partial charge in [-0.15, -0.1) is 11.3 Å². The van der Waals surface area contributed by atoms with E-state index in [2.05, 4.69) is 51.6 Å². The van der Waals surface area contributed by atoms with Crippen molar-refractivity contribution >= 4 is 37.4 Å². The number of benzene rings is 2. The molecule has 108 valence electrons. The molecule has 0 amide bonds. The largest absolute Gasteiger partial charge is 0.497 e. The van der Waals surface area contributed by atoms with Crippen molar-refractivity contribution in [2.24, 2.45) is 5.73 Å². The number of hydrogen-bond donors (Lipinski definition) is 1. The first-order valence-electron chi connectivity index (χ1n) is 6.73. The molecule has 1 unspecified atom stereocenters. The molecule has 0 saturated heterocycles. The van der Waals surface area contributed by atoms with Crippen molar-refractivity contribution in [3.05, 3.63) is 63.4 Å². The molecule has 1 heterocycles. The third kappa shape index (κ3) is 2.98. The number of thiophene rings is 1. The Morgan fingerprint density at radius 1 is 1.19 bits per heavy atom. The molecule has 2 nitrogen and oxygen atoms in total. The molecule has 0 aliphatic carbocycles. The van der Waals surface area contributed by atoms with Gasteiger partial charge >= 0.3 is 0 Å². The number of hydrogen-bond acceptors (Lipinski definition) is 3. The zero-order chi connectivity index (χ0) is 14.8. The highest BCUT2D eigenvalue weighted by Crippen LogP contribution is 2.35. The predicted molar refractivity (Wildman–Crippen MR) is 93.2 cm³/mol. The Labute approximate surface area is 136 Å². The van der Waals surface area contributed by atoms with E-state index in [1.165, 1.54) is 21.2 Å². The van der Waals surface area contributed by atoms with Crippen molar-refractivity contribution in [2.75, 3.05) is 7.11 Å². The SMILES string of the molecule is COc1ccc(CC(N)c2csc3c(Br)cccc23)cc1. The van der Waals surface area contributed by atoms with Crippen LogP contribution in [0.25, 0.3) is 10.1 Å². The second-order valence-corrected chi connectivity index (χ2v) is 6.70. The number of halogens is 1. The van der Waals surface area contributed by atoms with Gasteiger partial charge in [0.1, 0.15) is 5.75 Å². The maximum Gasteiger partial charge on any atom is 0.118 e. The zero-order valence-corrected chi connectivity index (χ0v) is 14.1. The summed E-state index contributed by atoms with van der Waals surface area (Å²) in [5, 5.41) is 3.42. The highest BCUT2D eigenvalue weighted by atomic mass is 79.9. The molecule has 1 atom stereocenters. The van der Waals surface area contributed by atoms with E-state index >= 15 is 0 Å². The van der Waals surface area contributed by atoms with Crippen LogP contribution in [0.4, 0.5) is 0 Å². The molecule has 0 aliphatic heterocycles. The highest BCUT2D eigenvalue weighted by molar-refractivity contribution is 9.10. The summed E-state index contributed by atoms with van der Waals surface area (Å²) < 4.78 is 7.58. The fourth-order valence-corrected chi connectivity index (χ4v) is 4.14. The van der Waals surface area contributed by atoms with Crippen molar-refractivity contribution in [1.29, 1.82) is 0 Å². The Bertz CT molecular complexity index is 751. The maximum absolute atomic E-state index is 6.42. The Morgan fingerprint density at radius 2 is 1.95 bits per heavy atom. The Hall–Kier alpha value is -1.36. The third-order valence-electron chi connectivity index (χ3n) is 3.60. The summed E-state index contributed by atoms with van der Waals surface area (Å²) in [4.78, 5) is 0. The summed E-state index contributed by atoms with van der Waals surface area (Å²) in [6, 6.07) is 14.4. The third-order valence-corrected chi connectivity index (χ3v) is 5.57. The summed E-state index contributed by atoms with van der Waals surface area (Å²) in [7, 11) is 1.68. The van der Waals surface area contributed by atoms with Crippen molar-refractivity contribution in [3.63, 3.8) is 0 Å². The van der Waals surface area contributed by atoms with E-state index in [9.17, 15) is 0 Å². The summed E-state index contributed by atoms with van der Waals surface area (Å²) in [6.45, 7) is 0. The molecule has 0 aliphatic rings. The topological polar surface area (TPSA) is 35.2 Å². The molecule has 1 aromatic heterocycles. The molecular formula is C17H16BrNOS. The second kappa shape index (κ2) is 6.18. The van der Waals surface area contributed by atoms with Gasteiger partial charge in [-0.1, -0.05) is 24.3 Å². The van der Waals surface area contributed by atoms with Gasteiger partial charge < -0.3 is 10.5 Å². The fraction of sp³-hybridized carbons (Fsp3) is 0.176. The first-order chi connectivity index (χ1) is 10.2. The molecule has 0 spiro atoms. The number of nitrogens with two attached hydrogens (primary N) is 1. The van der Waals surface area contributed by atoms with Gasteiger partial charge in [-0.25, -0.2) is 0 Å².